The number of amides is 1. The third kappa shape index (κ3) is 3.05. The average Bonchev–Trinajstić information content (AvgIpc) is 2.88. The summed E-state index contributed by atoms with van der Waals surface area (Å²) in [7, 11) is -8.12. The molecule has 0 aromatic heterocycles. The molecule has 0 fully saturated rings. The maximum atomic E-state index is 12.4. The molecular formula is C16H11N3O5S2. The van der Waals surface area contributed by atoms with Gasteiger partial charge in [0, 0.05) is 5.56 Å². The first kappa shape index (κ1) is 17.7. The standard InChI is InChI=1S/C16H11N3O5S2/c1-17-15(14-12-9-5-6-10-13(12)26(23,24)18-14)16(20)19-25(21,22)11-7-3-2-4-8-11/h2-10,18H,(H,19,20)/b15-14-. The molecule has 26 heavy (non-hydrogen) atoms. The van der Waals surface area contributed by atoms with E-state index in [4.69, 9.17) is 6.57 Å². The first-order valence-electron chi connectivity index (χ1n) is 7.12. The summed E-state index contributed by atoms with van der Waals surface area (Å²) in [6, 6.07) is 12.9. The second-order valence-corrected chi connectivity index (χ2v) is 8.52. The number of rotatable bonds is 3. The number of hydrogen-bond donors (Lipinski definition) is 2. The highest BCUT2D eigenvalue weighted by Gasteiger charge is 2.34. The van der Waals surface area contributed by atoms with E-state index in [1.807, 2.05) is 0 Å². The lowest BCUT2D eigenvalue weighted by Crippen LogP contribution is -2.32. The summed E-state index contributed by atoms with van der Waals surface area (Å²) in [5, 5.41) is 0. The van der Waals surface area contributed by atoms with E-state index >= 15 is 0 Å². The Morgan fingerprint density at radius 3 is 2.31 bits per heavy atom. The van der Waals surface area contributed by atoms with Gasteiger partial charge < -0.3 is 0 Å². The van der Waals surface area contributed by atoms with Crippen molar-refractivity contribution in [1.29, 1.82) is 0 Å². The molecule has 2 aromatic carbocycles. The van der Waals surface area contributed by atoms with Crippen molar-refractivity contribution in [3.63, 3.8) is 0 Å². The summed E-state index contributed by atoms with van der Waals surface area (Å²) in [6.07, 6.45) is 0. The minimum atomic E-state index is -4.20. The van der Waals surface area contributed by atoms with E-state index < -0.39 is 31.7 Å². The quantitative estimate of drug-likeness (QED) is 0.602. The number of nitrogens with one attached hydrogen (secondary N) is 2. The molecule has 0 atom stereocenters. The molecular weight excluding hydrogens is 378 g/mol. The highest BCUT2D eigenvalue weighted by Crippen LogP contribution is 2.32. The molecule has 2 aromatic rings. The highest BCUT2D eigenvalue weighted by molar-refractivity contribution is 7.90. The molecule has 0 unspecified atom stereocenters. The number of carbonyl (C=O) groups is 1. The van der Waals surface area contributed by atoms with Gasteiger partial charge in [0.25, 0.3) is 31.7 Å². The van der Waals surface area contributed by atoms with Gasteiger partial charge in [0.1, 0.15) is 0 Å². The Morgan fingerprint density at radius 2 is 1.65 bits per heavy atom. The molecule has 8 nitrogen and oxygen atoms in total. The number of sulfonamides is 2. The lowest BCUT2D eigenvalue weighted by atomic mass is 10.1. The van der Waals surface area contributed by atoms with Crippen molar-refractivity contribution in [2.24, 2.45) is 0 Å². The number of fused-ring (bicyclic) bond motifs is 1. The number of benzene rings is 2. The smallest absolute Gasteiger partial charge is 0.275 e. The molecule has 0 saturated carbocycles. The molecule has 0 saturated heterocycles. The second kappa shape index (κ2) is 6.29. The monoisotopic (exact) mass is 389 g/mol. The fraction of sp³-hybridized carbons (Fsp3) is 0. The van der Waals surface area contributed by atoms with E-state index in [0.717, 1.165) is 0 Å². The largest absolute Gasteiger partial charge is 0.289 e. The second-order valence-electron chi connectivity index (χ2n) is 5.18. The van der Waals surface area contributed by atoms with Gasteiger partial charge in [0.05, 0.1) is 22.1 Å². The van der Waals surface area contributed by atoms with E-state index in [-0.39, 0.29) is 21.1 Å². The lowest BCUT2D eigenvalue weighted by Gasteiger charge is -2.08. The van der Waals surface area contributed by atoms with Crippen molar-refractivity contribution < 1.29 is 21.6 Å². The Balaban J connectivity index is 2.05. The third-order valence-corrected chi connectivity index (χ3v) is 6.28. The van der Waals surface area contributed by atoms with Crippen LogP contribution in [0, 0.1) is 6.57 Å². The van der Waals surface area contributed by atoms with Crippen molar-refractivity contribution in [2.45, 2.75) is 9.79 Å². The number of hydrogen-bond acceptors (Lipinski definition) is 5. The Kier molecular flexibility index (Phi) is 4.27. The molecule has 3 rings (SSSR count). The van der Waals surface area contributed by atoms with Crippen LogP contribution in [0.4, 0.5) is 0 Å². The van der Waals surface area contributed by atoms with E-state index in [9.17, 15) is 21.6 Å². The van der Waals surface area contributed by atoms with Crippen LogP contribution < -0.4 is 9.44 Å². The summed E-state index contributed by atoms with van der Waals surface area (Å²) in [6.45, 7) is 7.22. The van der Waals surface area contributed by atoms with Crippen LogP contribution in [0.5, 0.6) is 0 Å². The Labute approximate surface area is 150 Å². The molecule has 1 aliphatic heterocycles. The molecule has 1 heterocycles. The molecule has 0 spiro atoms. The van der Waals surface area contributed by atoms with Crippen LogP contribution >= 0.6 is 0 Å². The topological polar surface area (TPSA) is 114 Å². The van der Waals surface area contributed by atoms with Gasteiger partial charge in [0.2, 0.25) is 0 Å². The van der Waals surface area contributed by atoms with Crippen molar-refractivity contribution in [3.8, 4) is 0 Å². The molecule has 0 bridgehead atoms. The molecule has 2 N–H and O–H groups in total. The first-order chi connectivity index (χ1) is 12.3. The Hall–Kier alpha value is -3.16. The summed E-state index contributed by atoms with van der Waals surface area (Å²) < 4.78 is 52.7. The number of carbonyl (C=O) groups excluding carboxylic acids is 1. The molecule has 10 heteroatoms. The van der Waals surface area contributed by atoms with Crippen molar-refractivity contribution in [3.05, 3.63) is 77.3 Å². The average molecular weight is 389 g/mol. The lowest BCUT2D eigenvalue weighted by molar-refractivity contribution is -0.115. The van der Waals surface area contributed by atoms with E-state index in [1.54, 1.807) is 16.9 Å². The van der Waals surface area contributed by atoms with Crippen LogP contribution in [0.2, 0.25) is 0 Å². The molecule has 132 valence electrons. The van der Waals surface area contributed by atoms with Gasteiger partial charge in [-0.2, -0.15) is 0 Å². The maximum Gasteiger partial charge on any atom is 0.275 e. The van der Waals surface area contributed by atoms with Gasteiger partial charge >= 0.3 is 0 Å². The molecule has 1 aliphatic rings. The van der Waals surface area contributed by atoms with E-state index in [2.05, 4.69) is 9.57 Å². The minimum absolute atomic E-state index is 0.0881. The normalized spacial score (nSPS) is 16.7. The Morgan fingerprint density at radius 1 is 1.04 bits per heavy atom. The molecule has 0 aliphatic carbocycles. The van der Waals surface area contributed by atoms with Gasteiger partial charge in [-0.05, 0) is 18.2 Å². The minimum Gasteiger partial charge on any atom is -0.289 e. The molecule has 0 radical (unpaired) electrons. The van der Waals surface area contributed by atoms with Crippen LogP contribution in [0.1, 0.15) is 5.56 Å². The fourth-order valence-electron chi connectivity index (χ4n) is 2.38. The summed E-state index contributed by atoms with van der Waals surface area (Å²) in [5.74, 6) is -1.22. The zero-order valence-corrected chi connectivity index (χ0v) is 14.6. The highest BCUT2D eigenvalue weighted by atomic mass is 32.2. The SMILES string of the molecule is [C-]#[N+]/C(C(=O)NS(=O)(=O)c1ccccc1)=C1\NS(=O)(=O)c2ccccc21. The van der Waals surface area contributed by atoms with Gasteiger partial charge in [0.15, 0.2) is 0 Å². The predicted octanol–water partition coefficient (Wildman–Crippen LogP) is 1.07. The Bertz CT molecular complexity index is 1180. The van der Waals surface area contributed by atoms with Crippen LogP contribution in [-0.2, 0) is 24.8 Å². The van der Waals surface area contributed by atoms with Gasteiger partial charge in [-0.1, -0.05) is 36.4 Å². The van der Waals surface area contributed by atoms with Crippen LogP contribution in [0.3, 0.4) is 0 Å². The summed E-state index contributed by atoms with van der Waals surface area (Å²) in [4.78, 5) is 15.2. The zero-order valence-electron chi connectivity index (χ0n) is 13.0. The van der Waals surface area contributed by atoms with Crippen LogP contribution in [-0.4, -0.2) is 22.7 Å². The van der Waals surface area contributed by atoms with Crippen molar-refractivity contribution in [1.82, 2.24) is 9.44 Å². The van der Waals surface area contributed by atoms with Gasteiger partial charge in [-0.3, -0.25) is 14.2 Å². The van der Waals surface area contributed by atoms with E-state index in [1.165, 1.54) is 42.5 Å². The van der Waals surface area contributed by atoms with E-state index in [0.29, 0.717) is 0 Å². The number of nitrogens with zero attached hydrogens (tertiary/aromatic N) is 1. The molecule has 1 amide bonds. The van der Waals surface area contributed by atoms with Crippen LogP contribution in [0.25, 0.3) is 10.5 Å². The van der Waals surface area contributed by atoms with Gasteiger partial charge in [-0.15, -0.1) is 0 Å². The van der Waals surface area contributed by atoms with Crippen molar-refractivity contribution in [2.75, 3.05) is 0 Å². The zero-order chi connectivity index (χ0) is 18.9. The van der Waals surface area contributed by atoms with Crippen molar-refractivity contribution >= 4 is 31.7 Å². The maximum absolute atomic E-state index is 12.4. The fourth-order valence-corrected chi connectivity index (χ4v) is 4.65. The first-order valence-corrected chi connectivity index (χ1v) is 10.1. The summed E-state index contributed by atoms with van der Waals surface area (Å²) in [5.41, 5.74) is -0.792. The predicted molar refractivity (Wildman–Crippen MR) is 92.1 cm³/mol. The summed E-state index contributed by atoms with van der Waals surface area (Å²) >= 11 is 0. The van der Waals surface area contributed by atoms with Crippen LogP contribution in [0.15, 0.2) is 70.1 Å². The third-order valence-electron chi connectivity index (χ3n) is 3.53. The van der Waals surface area contributed by atoms with Gasteiger partial charge in [-0.25, -0.2) is 21.7 Å².